The maximum atomic E-state index is 13.2. The highest BCUT2D eigenvalue weighted by Crippen LogP contribution is 2.33. The lowest BCUT2D eigenvalue weighted by molar-refractivity contribution is -0.124. The number of hydrogen-bond donors (Lipinski definition) is 1. The molecular weight excluding hydrogens is 420 g/mol. The van der Waals surface area contributed by atoms with Crippen molar-refractivity contribution in [1.82, 2.24) is 9.62 Å². The second-order valence-electron chi connectivity index (χ2n) is 7.18. The molecule has 1 fully saturated rings. The van der Waals surface area contributed by atoms with Crippen molar-refractivity contribution in [3.8, 4) is 17.2 Å². The van der Waals surface area contributed by atoms with Gasteiger partial charge in [0, 0.05) is 19.2 Å². The molecule has 1 N–H and O–H groups in total. The van der Waals surface area contributed by atoms with Crippen LogP contribution in [0.5, 0.6) is 17.2 Å². The minimum absolute atomic E-state index is 0.0723. The summed E-state index contributed by atoms with van der Waals surface area (Å²) in [5, 5.41) is 2.88. The fourth-order valence-electron chi connectivity index (χ4n) is 3.64. The van der Waals surface area contributed by atoms with Crippen molar-refractivity contribution >= 4 is 15.9 Å². The topological polar surface area (TPSA) is 94.2 Å². The fourth-order valence-corrected chi connectivity index (χ4v) is 5.31. The van der Waals surface area contributed by atoms with E-state index in [1.54, 1.807) is 13.2 Å². The van der Waals surface area contributed by atoms with Gasteiger partial charge in [-0.05, 0) is 49.1 Å². The number of carbonyl (C=O) groups is 1. The van der Waals surface area contributed by atoms with E-state index in [1.807, 2.05) is 24.3 Å². The Labute approximate surface area is 183 Å². The maximum Gasteiger partial charge on any atom is 0.243 e. The number of nitrogens with zero attached hydrogens (tertiary/aromatic N) is 1. The third-order valence-corrected chi connectivity index (χ3v) is 7.24. The Kier molecular flexibility index (Phi) is 7.40. The van der Waals surface area contributed by atoms with Gasteiger partial charge in [-0.15, -0.1) is 0 Å². The van der Waals surface area contributed by atoms with Crippen LogP contribution < -0.4 is 19.5 Å². The first kappa shape index (κ1) is 22.9. The van der Waals surface area contributed by atoms with E-state index < -0.39 is 16.1 Å². The molecule has 0 aromatic heterocycles. The van der Waals surface area contributed by atoms with Gasteiger partial charge >= 0.3 is 0 Å². The molecule has 9 heteroatoms. The number of carbonyl (C=O) groups excluding carboxylic acids is 1. The summed E-state index contributed by atoms with van der Waals surface area (Å²) >= 11 is 0. The molecule has 2 aromatic rings. The number of amides is 1. The number of benzene rings is 2. The zero-order chi connectivity index (χ0) is 22.4. The highest BCUT2D eigenvalue weighted by atomic mass is 32.2. The van der Waals surface area contributed by atoms with Gasteiger partial charge < -0.3 is 19.5 Å². The van der Waals surface area contributed by atoms with Crippen molar-refractivity contribution in [3.63, 3.8) is 0 Å². The molecule has 3 rings (SSSR count). The lowest BCUT2D eigenvalue weighted by Gasteiger charge is -2.24. The molecule has 1 aliphatic rings. The summed E-state index contributed by atoms with van der Waals surface area (Å²) in [6.45, 7) is 0.721. The zero-order valence-electron chi connectivity index (χ0n) is 18.0. The summed E-state index contributed by atoms with van der Waals surface area (Å²) in [5.74, 6) is 1.25. The SMILES string of the molecule is COc1ccc(CCNC(=O)C2CCCN2S(=O)(=O)c2ccc(OC)c(OC)c2)cc1. The minimum Gasteiger partial charge on any atom is -0.497 e. The second-order valence-corrected chi connectivity index (χ2v) is 9.07. The summed E-state index contributed by atoms with van der Waals surface area (Å²) in [6, 6.07) is 11.3. The summed E-state index contributed by atoms with van der Waals surface area (Å²) in [5.41, 5.74) is 1.06. The van der Waals surface area contributed by atoms with Gasteiger partial charge in [-0.25, -0.2) is 8.42 Å². The molecule has 1 saturated heterocycles. The number of nitrogens with one attached hydrogen (secondary N) is 1. The van der Waals surface area contributed by atoms with E-state index in [0.717, 1.165) is 11.3 Å². The average Bonchev–Trinajstić information content (AvgIpc) is 3.30. The molecule has 168 valence electrons. The lowest BCUT2D eigenvalue weighted by Crippen LogP contribution is -2.46. The van der Waals surface area contributed by atoms with Gasteiger partial charge in [-0.1, -0.05) is 12.1 Å². The van der Waals surface area contributed by atoms with Crippen molar-refractivity contribution < 1.29 is 27.4 Å². The van der Waals surface area contributed by atoms with E-state index in [0.29, 0.717) is 43.9 Å². The Morgan fingerprint density at radius 1 is 1.03 bits per heavy atom. The predicted molar refractivity (Wildman–Crippen MR) is 116 cm³/mol. The van der Waals surface area contributed by atoms with Gasteiger partial charge in [0.2, 0.25) is 15.9 Å². The van der Waals surface area contributed by atoms with Crippen LogP contribution in [0.4, 0.5) is 0 Å². The van der Waals surface area contributed by atoms with Gasteiger partial charge in [0.25, 0.3) is 0 Å². The first-order valence-electron chi connectivity index (χ1n) is 10.0. The van der Waals surface area contributed by atoms with E-state index in [4.69, 9.17) is 14.2 Å². The molecular formula is C22H28N2O6S. The summed E-state index contributed by atoms with van der Waals surface area (Å²) in [6.07, 6.45) is 1.76. The van der Waals surface area contributed by atoms with Crippen molar-refractivity contribution in [2.24, 2.45) is 0 Å². The quantitative estimate of drug-likeness (QED) is 0.632. The molecule has 1 aliphatic heterocycles. The van der Waals surface area contributed by atoms with Crippen molar-refractivity contribution in [3.05, 3.63) is 48.0 Å². The third kappa shape index (κ3) is 5.11. The highest BCUT2D eigenvalue weighted by Gasteiger charge is 2.39. The van der Waals surface area contributed by atoms with Crippen LogP contribution in [0.15, 0.2) is 47.4 Å². The van der Waals surface area contributed by atoms with Gasteiger partial charge in [0.15, 0.2) is 11.5 Å². The standard InChI is InChI=1S/C22H28N2O6S/c1-28-17-8-6-16(7-9-17)12-13-23-22(25)19-5-4-14-24(19)31(26,27)18-10-11-20(29-2)21(15-18)30-3/h6-11,15,19H,4-5,12-14H2,1-3H3,(H,23,25). The number of methoxy groups -OCH3 is 3. The molecule has 0 bridgehead atoms. The first-order chi connectivity index (χ1) is 14.9. The van der Waals surface area contributed by atoms with Gasteiger partial charge in [-0.2, -0.15) is 4.31 Å². The minimum atomic E-state index is -3.85. The molecule has 31 heavy (non-hydrogen) atoms. The molecule has 1 heterocycles. The van der Waals surface area contributed by atoms with Crippen LogP contribution in [-0.2, 0) is 21.2 Å². The second kappa shape index (κ2) is 10.0. The van der Waals surface area contributed by atoms with Crippen LogP contribution in [0.1, 0.15) is 18.4 Å². The van der Waals surface area contributed by atoms with Gasteiger partial charge in [0.05, 0.1) is 26.2 Å². The Morgan fingerprint density at radius 2 is 1.74 bits per heavy atom. The molecule has 0 radical (unpaired) electrons. The molecule has 1 unspecified atom stereocenters. The zero-order valence-corrected chi connectivity index (χ0v) is 18.8. The van der Waals surface area contributed by atoms with Crippen LogP contribution >= 0.6 is 0 Å². The number of rotatable bonds is 9. The van der Waals surface area contributed by atoms with E-state index in [1.165, 1.54) is 30.7 Å². The normalized spacial score (nSPS) is 16.7. The van der Waals surface area contributed by atoms with Crippen LogP contribution in [0.25, 0.3) is 0 Å². The first-order valence-corrected chi connectivity index (χ1v) is 11.5. The van der Waals surface area contributed by atoms with E-state index >= 15 is 0 Å². The van der Waals surface area contributed by atoms with Gasteiger partial charge in [-0.3, -0.25) is 4.79 Å². The molecule has 0 saturated carbocycles. The van der Waals surface area contributed by atoms with Crippen molar-refractivity contribution in [2.75, 3.05) is 34.4 Å². The Bertz CT molecular complexity index is 1010. The molecule has 0 spiro atoms. The van der Waals surface area contributed by atoms with Crippen molar-refractivity contribution in [1.29, 1.82) is 0 Å². The predicted octanol–water partition coefficient (Wildman–Crippen LogP) is 2.22. The molecule has 0 aliphatic carbocycles. The summed E-state index contributed by atoms with van der Waals surface area (Å²) in [4.78, 5) is 12.8. The number of hydrogen-bond acceptors (Lipinski definition) is 6. The van der Waals surface area contributed by atoms with Crippen LogP contribution in [0, 0.1) is 0 Å². The molecule has 2 aromatic carbocycles. The van der Waals surface area contributed by atoms with Crippen LogP contribution in [-0.4, -0.2) is 59.1 Å². The average molecular weight is 449 g/mol. The molecule has 1 amide bonds. The monoisotopic (exact) mass is 448 g/mol. The summed E-state index contributed by atoms with van der Waals surface area (Å²) < 4.78 is 43.2. The molecule has 1 atom stereocenters. The Balaban J connectivity index is 1.67. The molecule has 8 nitrogen and oxygen atoms in total. The Morgan fingerprint density at radius 3 is 2.39 bits per heavy atom. The lowest BCUT2D eigenvalue weighted by atomic mass is 10.1. The van der Waals surface area contributed by atoms with E-state index in [9.17, 15) is 13.2 Å². The summed E-state index contributed by atoms with van der Waals surface area (Å²) in [7, 11) is 0.690. The third-order valence-electron chi connectivity index (χ3n) is 5.34. The van der Waals surface area contributed by atoms with E-state index in [-0.39, 0.29) is 10.8 Å². The smallest absolute Gasteiger partial charge is 0.243 e. The number of ether oxygens (including phenoxy) is 3. The maximum absolute atomic E-state index is 13.2. The van der Waals surface area contributed by atoms with E-state index in [2.05, 4.69) is 5.32 Å². The van der Waals surface area contributed by atoms with Crippen molar-refractivity contribution in [2.45, 2.75) is 30.2 Å². The van der Waals surface area contributed by atoms with Crippen LogP contribution in [0.3, 0.4) is 0 Å². The van der Waals surface area contributed by atoms with Crippen LogP contribution in [0.2, 0.25) is 0 Å². The highest BCUT2D eigenvalue weighted by molar-refractivity contribution is 7.89. The largest absolute Gasteiger partial charge is 0.497 e. The van der Waals surface area contributed by atoms with Gasteiger partial charge in [0.1, 0.15) is 11.8 Å². The Hall–Kier alpha value is -2.78. The number of sulfonamides is 1. The fraction of sp³-hybridized carbons (Fsp3) is 0.409.